The topological polar surface area (TPSA) is 32.3 Å². The molecule has 0 aromatic heterocycles. The van der Waals surface area contributed by atoms with Crippen molar-refractivity contribution in [2.45, 2.75) is 25.8 Å². The molecule has 0 aliphatic heterocycles. The van der Waals surface area contributed by atoms with Crippen molar-refractivity contribution in [2.24, 2.45) is 0 Å². The third-order valence-corrected chi connectivity index (χ3v) is 3.97. The molecule has 0 spiro atoms. The largest absolute Gasteiger partial charge is 0.508 e. The van der Waals surface area contributed by atoms with Crippen LogP contribution in [-0.2, 0) is 12.8 Å². The molecule has 4 heteroatoms. The Morgan fingerprint density at radius 3 is 2.48 bits per heavy atom. The lowest BCUT2D eigenvalue weighted by Crippen LogP contribution is -2.30. The highest BCUT2D eigenvalue weighted by Crippen LogP contribution is 2.21. The van der Waals surface area contributed by atoms with E-state index in [0.717, 1.165) is 30.0 Å². The van der Waals surface area contributed by atoms with Crippen LogP contribution < -0.4 is 5.32 Å². The SMILES string of the molecule is CC(Cc1ccc(O)cc1)NCCc1ccc(Cl)cc1Cl. The molecular weight excluding hydrogens is 305 g/mol. The third kappa shape index (κ3) is 5.24. The molecule has 2 N–H and O–H groups in total. The summed E-state index contributed by atoms with van der Waals surface area (Å²) in [6.07, 6.45) is 1.80. The van der Waals surface area contributed by atoms with E-state index in [4.69, 9.17) is 23.2 Å². The van der Waals surface area contributed by atoms with Crippen molar-refractivity contribution in [3.8, 4) is 5.75 Å². The number of hydrogen-bond acceptors (Lipinski definition) is 2. The smallest absolute Gasteiger partial charge is 0.115 e. The van der Waals surface area contributed by atoms with Crippen LogP contribution in [0.25, 0.3) is 0 Å². The van der Waals surface area contributed by atoms with E-state index in [1.54, 1.807) is 18.2 Å². The van der Waals surface area contributed by atoms with E-state index in [9.17, 15) is 5.11 Å². The van der Waals surface area contributed by atoms with Crippen LogP contribution in [0, 0.1) is 0 Å². The van der Waals surface area contributed by atoms with Crippen molar-refractivity contribution in [1.29, 1.82) is 0 Å². The molecule has 1 atom stereocenters. The Morgan fingerprint density at radius 1 is 1.10 bits per heavy atom. The minimum absolute atomic E-state index is 0.303. The van der Waals surface area contributed by atoms with Gasteiger partial charge in [0, 0.05) is 16.1 Å². The van der Waals surface area contributed by atoms with Crippen molar-refractivity contribution in [3.63, 3.8) is 0 Å². The van der Waals surface area contributed by atoms with Gasteiger partial charge in [-0.2, -0.15) is 0 Å². The van der Waals surface area contributed by atoms with Gasteiger partial charge < -0.3 is 10.4 Å². The Bertz CT molecular complexity index is 584. The van der Waals surface area contributed by atoms with Gasteiger partial charge >= 0.3 is 0 Å². The number of benzene rings is 2. The van der Waals surface area contributed by atoms with E-state index in [2.05, 4.69) is 12.2 Å². The second-order valence-electron chi connectivity index (χ2n) is 5.21. The van der Waals surface area contributed by atoms with Crippen LogP contribution in [0.5, 0.6) is 5.75 Å². The molecule has 21 heavy (non-hydrogen) atoms. The summed E-state index contributed by atoms with van der Waals surface area (Å²) in [7, 11) is 0. The number of rotatable bonds is 6. The van der Waals surface area contributed by atoms with Gasteiger partial charge in [-0.25, -0.2) is 0 Å². The van der Waals surface area contributed by atoms with Crippen LogP contribution in [-0.4, -0.2) is 17.7 Å². The second-order valence-corrected chi connectivity index (χ2v) is 6.06. The molecule has 0 saturated heterocycles. The maximum atomic E-state index is 9.27. The molecule has 0 heterocycles. The van der Waals surface area contributed by atoms with Gasteiger partial charge in [-0.05, 0) is 61.7 Å². The molecule has 0 saturated carbocycles. The summed E-state index contributed by atoms with van der Waals surface area (Å²) in [4.78, 5) is 0. The first-order valence-corrected chi connectivity index (χ1v) is 7.75. The maximum Gasteiger partial charge on any atom is 0.115 e. The van der Waals surface area contributed by atoms with Gasteiger partial charge in [0.1, 0.15) is 5.75 Å². The fraction of sp³-hybridized carbons (Fsp3) is 0.294. The zero-order chi connectivity index (χ0) is 15.2. The van der Waals surface area contributed by atoms with Crippen molar-refractivity contribution in [1.82, 2.24) is 5.32 Å². The minimum Gasteiger partial charge on any atom is -0.508 e. The summed E-state index contributed by atoms with van der Waals surface area (Å²) in [5.41, 5.74) is 2.31. The highest BCUT2D eigenvalue weighted by Gasteiger charge is 2.05. The van der Waals surface area contributed by atoms with Crippen molar-refractivity contribution in [3.05, 3.63) is 63.6 Å². The maximum absolute atomic E-state index is 9.27. The average molecular weight is 324 g/mol. The van der Waals surface area contributed by atoms with Crippen molar-refractivity contribution in [2.75, 3.05) is 6.54 Å². The summed E-state index contributed by atoms with van der Waals surface area (Å²) in [6, 6.07) is 13.3. The first kappa shape index (κ1) is 16.2. The summed E-state index contributed by atoms with van der Waals surface area (Å²) < 4.78 is 0. The van der Waals surface area contributed by atoms with Crippen LogP contribution in [0.3, 0.4) is 0 Å². The number of aromatic hydroxyl groups is 1. The molecule has 0 aliphatic rings. The van der Waals surface area contributed by atoms with E-state index >= 15 is 0 Å². The van der Waals surface area contributed by atoms with Crippen LogP contribution in [0.1, 0.15) is 18.1 Å². The minimum atomic E-state index is 0.303. The zero-order valence-electron chi connectivity index (χ0n) is 11.9. The quantitative estimate of drug-likeness (QED) is 0.822. The Hall–Kier alpha value is -1.22. The lowest BCUT2D eigenvalue weighted by molar-refractivity contribution is 0.474. The van der Waals surface area contributed by atoms with Gasteiger partial charge in [0.25, 0.3) is 0 Å². The molecule has 0 amide bonds. The second kappa shape index (κ2) is 7.69. The number of halogens is 2. The van der Waals surface area contributed by atoms with Gasteiger partial charge in [0.2, 0.25) is 0 Å². The van der Waals surface area contributed by atoms with Gasteiger partial charge in [-0.1, -0.05) is 41.4 Å². The lowest BCUT2D eigenvalue weighted by Gasteiger charge is -2.14. The summed E-state index contributed by atoms with van der Waals surface area (Å²) in [5.74, 6) is 0.303. The van der Waals surface area contributed by atoms with E-state index in [1.165, 1.54) is 5.56 Å². The van der Waals surface area contributed by atoms with Gasteiger partial charge in [0.15, 0.2) is 0 Å². The standard InChI is InChI=1S/C17H19Cl2NO/c1-12(10-13-2-6-16(21)7-3-13)20-9-8-14-4-5-15(18)11-17(14)19/h2-7,11-12,20-21H,8-10H2,1H3. The molecule has 2 aromatic carbocycles. The molecule has 112 valence electrons. The predicted molar refractivity (Wildman–Crippen MR) is 89.4 cm³/mol. The number of hydrogen-bond donors (Lipinski definition) is 2. The van der Waals surface area contributed by atoms with Crippen LogP contribution in [0.4, 0.5) is 0 Å². The highest BCUT2D eigenvalue weighted by atomic mass is 35.5. The molecule has 2 rings (SSSR count). The highest BCUT2D eigenvalue weighted by molar-refractivity contribution is 6.35. The first-order chi connectivity index (χ1) is 10.0. The van der Waals surface area contributed by atoms with Crippen molar-refractivity contribution >= 4 is 23.2 Å². The van der Waals surface area contributed by atoms with Gasteiger partial charge in [0.05, 0.1) is 0 Å². The van der Waals surface area contributed by atoms with Gasteiger partial charge in [-0.3, -0.25) is 0 Å². The molecule has 1 unspecified atom stereocenters. The predicted octanol–water partition coefficient (Wildman–Crippen LogP) is 4.46. The third-order valence-electron chi connectivity index (χ3n) is 3.38. The average Bonchev–Trinajstić information content (AvgIpc) is 2.44. The molecule has 0 bridgehead atoms. The monoisotopic (exact) mass is 323 g/mol. The summed E-state index contributed by atoms with van der Waals surface area (Å²) in [5, 5.41) is 14.1. The normalized spacial score (nSPS) is 12.3. The first-order valence-electron chi connectivity index (χ1n) is 7.00. The number of phenolic OH excluding ortho intramolecular Hbond substituents is 1. The Kier molecular flexibility index (Phi) is 5.92. The lowest BCUT2D eigenvalue weighted by atomic mass is 10.1. The summed E-state index contributed by atoms with van der Waals surface area (Å²) in [6.45, 7) is 3.01. The molecule has 0 fully saturated rings. The number of phenols is 1. The van der Waals surface area contributed by atoms with E-state index in [1.807, 2.05) is 24.3 Å². The fourth-order valence-corrected chi connectivity index (χ4v) is 2.74. The molecule has 2 aromatic rings. The van der Waals surface area contributed by atoms with Crippen LogP contribution in [0.15, 0.2) is 42.5 Å². The van der Waals surface area contributed by atoms with Crippen molar-refractivity contribution < 1.29 is 5.11 Å². The molecule has 0 radical (unpaired) electrons. The fourth-order valence-electron chi connectivity index (χ4n) is 2.24. The van der Waals surface area contributed by atoms with E-state index in [0.29, 0.717) is 16.8 Å². The Labute approximate surface area is 135 Å². The van der Waals surface area contributed by atoms with Crippen LogP contribution in [0.2, 0.25) is 10.0 Å². The Balaban J connectivity index is 1.78. The number of nitrogens with one attached hydrogen (secondary N) is 1. The Morgan fingerprint density at radius 2 is 1.81 bits per heavy atom. The van der Waals surface area contributed by atoms with E-state index < -0.39 is 0 Å². The zero-order valence-corrected chi connectivity index (χ0v) is 13.5. The summed E-state index contributed by atoms with van der Waals surface area (Å²) >= 11 is 12.0. The van der Waals surface area contributed by atoms with E-state index in [-0.39, 0.29) is 0 Å². The molecule has 2 nitrogen and oxygen atoms in total. The van der Waals surface area contributed by atoms with Gasteiger partial charge in [-0.15, -0.1) is 0 Å². The molecule has 0 aliphatic carbocycles. The molecular formula is C17H19Cl2NO. The van der Waals surface area contributed by atoms with Crippen LogP contribution >= 0.6 is 23.2 Å².